The fourth-order valence-corrected chi connectivity index (χ4v) is 2.12. The standard InChI is InChI=1S/C17H14N2/c1-2-9-19-17(6-1)13-14-4-3-5-16(12-14)15-7-10-18-11-8-15/h1-12H,13H2. The fraction of sp³-hybridized carbons (Fsp3) is 0.0588. The molecule has 0 aliphatic carbocycles. The van der Waals surface area contributed by atoms with Gasteiger partial charge >= 0.3 is 0 Å². The molecule has 0 N–H and O–H groups in total. The van der Waals surface area contributed by atoms with E-state index in [2.05, 4.69) is 40.3 Å². The largest absolute Gasteiger partial charge is 0.265 e. The van der Waals surface area contributed by atoms with Crippen molar-refractivity contribution >= 4 is 0 Å². The molecule has 0 aliphatic heterocycles. The van der Waals surface area contributed by atoms with Crippen LogP contribution in [0, 0.1) is 0 Å². The molecule has 2 heteroatoms. The van der Waals surface area contributed by atoms with Crippen molar-refractivity contribution < 1.29 is 0 Å². The molecule has 0 unspecified atom stereocenters. The lowest BCUT2D eigenvalue weighted by molar-refractivity contribution is 1.07. The Hall–Kier alpha value is -2.48. The molecule has 0 saturated heterocycles. The topological polar surface area (TPSA) is 25.8 Å². The maximum Gasteiger partial charge on any atom is 0.0447 e. The summed E-state index contributed by atoms with van der Waals surface area (Å²) in [7, 11) is 0. The molecule has 2 aromatic heterocycles. The minimum Gasteiger partial charge on any atom is -0.265 e. The summed E-state index contributed by atoms with van der Waals surface area (Å²) in [4.78, 5) is 8.42. The van der Waals surface area contributed by atoms with Gasteiger partial charge in [-0.15, -0.1) is 0 Å². The first-order chi connectivity index (χ1) is 9.42. The van der Waals surface area contributed by atoms with Gasteiger partial charge in [0.1, 0.15) is 0 Å². The predicted molar refractivity (Wildman–Crippen MR) is 76.7 cm³/mol. The van der Waals surface area contributed by atoms with Crippen molar-refractivity contribution in [3.8, 4) is 11.1 Å². The monoisotopic (exact) mass is 246 g/mol. The Morgan fingerprint density at radius 3 is 2.42 bits per heavy atom. The molecule has 0 aliphatic rings. The Balaban J connectivity index is 1.89. The lowest BCUT2D eigenvalue weighted by Crippen LogP contribution is -1.91. The van der Waals surface area contributed by atoms with Crippen LogP contribution in [0.4, 0.5) is 0 Å². The Morgan fingerprint density at radius 1 is 0.737 bits per heavy atom. The molecule has 92 valence electrons. The van der Waals surface area contributed by atoms with E-state index < -0.39 is 0 Å². The van der Waals surface area contributed by atoms with E-state index in [0.29, 0.717) is 0 Å². The van der Waals surface area contributed by atoms with Crippen LogP contribution in [-0.4, -0.2) is 9.97 Å². The van der Waals surface area contributed by atoms with Crippen LogP contribution in [0.25, 0.3) is 11.1 Å². The molecule has 0 amide bonds. The van der Waals surface area contributed by atoms with Gasteiger partial charge in [-0.2, -0.15) is 0 Å². The number of pyridine rings is 2. The fourth-order valence-electron chi connectivity index (χ4n) is 2.12. The highest BCUT2D eigenvalue weighted by molar-refractivity contribution is 5.63. The van der Waals surface area contributed by atoms with Crippen LogP contribution in [0.2, 0.25) is 0 Å². The molecule has 3 rings (SSSR count). The molecule has 0 spiro atoms. The van der Waals surface area contributed by atoms with Gasteiger partial charge in [0.2, 0.25) is 0 Å². The van der Waals surface area contributed by atoms with Gasteiger partial charge in [0.15, 0.2) is 0 Å². The number of benzene rings is 1. The van der Waals surface area contributed by atoms with E-state index in [1.807, 2.05) is 42.9 Å². The first-order valence-electron chi connectivity index (χ1n) is 6.31. The van der Waals surface area contributed by atoms with Crippen molar-refractivity contribution in [2.75, 3.05) is 0 Å². The van der Waals surface area contributed by atoms with E-state index in [-0.39, 0.29) is 0 Å². The second-order valence-corrected chi connectivity index (χ2v) is 4.43. The third-order valence-electron chi connectivity index (χ3n) is 3.05. The van der Waals surface area contributed by atoms with E-state index in [9.17, 15) is 0 Å². The molecular formula is C17H14N2. The van der Waals surface area contributed by atoms with Crippen LogP contribution in [0.15, 0.2) is 73.2 Å². The Morgan fingerprint density at radius 2 is 1.63 bits per heavy atom. The zero-order chi connectivity index (χ0) is 12.9. The van der Waals surface area contributed by atoms with Crippen LogP contribution in [-0.2, 0) is 6.42 Å². The van der Waals surface area contributed by atoms with Gasteiger partial charge in [-0.05, 0) is 41.0 Å². The summed E-state index contributed by atoms with van der Waals surface area (Å²) in [5.41, 5.74) is 4.77. The quantitative estimate of drug-likeness (QED) is 0.703. The second-order valence-electron chi connectivity index (χ2n) is 4.43. The van der Waals surface area contributed by atoms with Gasteiger partial charge in [0, 0.05) is 30.7 Å². The molecule has 1 aromatic carbocycles. The van der Waals surface area contributed by atoms with E-state index in [1.165, 1.54) is 16.7 Å². The predicted octanol–water partition coefficient (Wildman–Crippen LogP) is 3.73. The minimum atomic E-state index is 0.861. The van der Waals surface area contributed by atoms with Crippen molar-refractivity contribution in [1.29, 1.82) is 0 Å². The molecule has 0 radical (unpaired) electrons. The molecule has 19 heavy (non-hydrogen) atoms. The minimum absolute atomic E-state index is 0.861. The van der Waals surface area contributed by atoms with Gasteiger partial charge in [0.25, 0.3) is 0 Å². The summed E-state index contributed by atoms with van der Waals surface area (Å²) in [6.07, 6.45) is 6.34. The third kappa shape index (κ3) is 2.86. The Bertz CT molecular complexity index is 648. The molecular weight excluding hydrogens is 232 g/mol. The molecule has 2 nitrogen and oxygen atoms in total. The first-order valence-corrected chi connectivity index (χ1v) is 6.31. The second kappa shape index (κ2) is 5.44. The van der Waals surface area contributed by atoms with Gasteiger partial charge in [0.05, 0.1) is 0 Å². The number of nitrogens with zero attached hydrogens (tertiary/aromatic N) is 2. The number of hydrogen-bond acceptors (Lipinski definition) is 2. The summed E-state index contributed by atoms with van der Waals surface area (Å²) in [5, 5.41) is 0. The zero-order valence-electron chi connectivity index (χ0n) is 10.5. The van der Waals surface area contributed by atoms with Gasteiger partial charge < -0.3 is 0 Å². The lowest BCUT2D eigenvalue weighted by Gasteiger charge is -2.05. The summed E-state index contributed by atoms with van der Waals surface area (Å²) < 4.78 is 0. The van der Waals surface area contributed by atoms with Crippen LogP contribution < -0.4 is 0 Å². The first kappa shape index (κ1) is 11.6. The van der Waals surface area contributed by atoms with Crippen molar-refractivity contribution in [1.82, 2.24) is 9.97 Å². The highest BCUT2D eigenvalue weighted by atomic mass is 14.7. The maximum atomic E-state index is 4.37. The van der Waals surface area contributed by atoms with Crippen molar-refractivity contribution in [2.24, 2.45) is 0 Å². The van der Waals surface area contributed by atoms with Crippen LogP contribution >= 0.6 is 0 Å². The highest BCUT2D eigenvalue weighted by Gasteiger charge is 2.00. The SMILES string of the molecule is c1ccc(Cc2cccc(-c3ccncc3)c2)nc1. The molecule has 0 saturated carbocycles. The Kier molecular flexibility index (Phi) is 3.32. The smallest absolute Gasteiger partial charge is 0.0447 e. The van der Waals surface area contributed by atoms with Crippen molar-refractivity contribution in [3.63, 3.8) is 0 Å². The molecule has 3 aromatic rings. The summed E-state index contributed by atoms with van der Waals surface area (Å²) >= 11 is 0. The zero-order valence-corrected chi connectivity index (χ0v) is 10.5. The summed E-state index contributed by atoms with van der Waals surface area (Å²) in [5.74, 6) is 0. The third-order valence-corrected chi connectivity index (χ3v) is 3.05. The van der Waals surface area contributed by atoms with E-state index in [0.717, 1.165) is 12.1 Å². The number of rotatable bonds is 3. The average Bonchev–Trinajstić information content (AvgIpc) is 2.49. The molecule has 0 fully saturated rings. The van der Waals surface area contributed by atoms with E-state index in [4.69, 9.17) is 0 Å². The summed E-state index contributed by atoms with van der Waals surface area (Å²) in [6, 6.07) is 18.6. The number of aromatic nitrogens is 2. The van der Waals surface area contributed by atoms with Crippen LogP contribution in [0.5, 0.6) is 0 Å². The molecule has 2 heterocycles. The van der Waals surface area contributed by atoms with Gasteiger partial charge in [-0.3, -0.25) is 9.97 Å². The van der Waals surface area contributed by atoms with Gasteiger partial charge in [-0.25, -0.2) is 0 Å². The normalized spacial score (nSPS) is 10.3. The van der Waals surface area contributed by atoms with Crippen LogP contribution in [0.1, 0.15) is 11.3 Å². The van der Waals surface area contributed by atoms with E-state index >= 15 is 0 Å². The van der Waals surface area contributed by atoms with Crippen molar-refractivity contribution in [2.45, 2.75) is 6.42 Å². The number of hydrogen-bond donors (Lipinski definition) is 0. The van der Waals surface area contributed by atoms with E-state index in [1.54, 1.807) is 0 Å². The van der Waals surface area contributed by atoms with Gasteiger partial charge in [-0.1, -0.05) is 30.3 Å². The molecule has 0 bridgehead atoms. The lowest BCUT2D eigenvalue weighted by atomic mass is 10.0. The Labute approximate surface area is 112 Å². The van der Waals surface area contributed by atoms with Crippen LogP contribution in [0.3, 0.4) is 0 Å². The maximum absolute atomic E-state index is 4.37. The van der Waals surface area contributed by atoms with Crippen molar-refractivity contribution in [3.05, 3.63) is 84.4 Å². The average molecular weight is 246 g/mol. The summed E-state index contributed by atoms with van der Waals surface area (Å²) in [6.45, 7) is 0. The molecule has 0 atom stereocenters. The highest BCUT2D eigenvalue weighted by Crippen LogP contribution is 2.20.